The molecule has 0 aliphatic rings. The van der Waals surface area contributed by atoms with Gasteiger partial charge in [-0.1, -0.05) is 70.1 Å². The summed E-state index contributed by atoms with van der Waals surface area (Å²) in [5, 5.41) is 0. The zero-order valence-corrected chi connectivity index (χ0v) is 22.6. The fraction of sp³-hybridized carbons (Fsp3) is 0.133. The van der Waals surface area contributed by atoms with Gasteiger partial charge in [0.25, 0.3) is 0 Å². The Morgan fingerprint density at radius 1 is 0.500 bits per heavy atom. The molecule has 0 radical (unpaired) electrons. The minimum Gasteiger partial charge on any atom is -0.378 e. The molecule has 0 bridgehead atoms. The van der Waals surface area contributed by atoms with E-state index in [1.807, 2.05) is 52.8 Å². The minimum absolute atomic E-state index is 0.952. The van der Waals surface area contributed by atoms with Gasteiger partial charge in [-0.2, -0.15) is 0 Å². The molecule has 0 aliphatic carbocycles. The number of nitrogens with zero attached hydrogens (tertiary/aromatic N) is 4. The molecule has 0 saturated heterocycles. The van der Waals surface area contributed by atoms with E-state index in [0.29, 0.717) is 0 Å². The standard InChI is InChI=1S/C30H30N4S2/c1-33(2)25-17-13-23(14-18-25)21-31-27-9-5-7-11-29(27)35-36-30-12-8-6-10-28(30)32-22-24-15-19-26(20-16-24)34(3)4/h5-22H,1-4H3. The third-order valence-electron chi connectivity index (χ3n) is 5.48. The van der Waals surface area contributed by atoms with E-state index in [1.165, 1.54) is 11.4 Å². The maximum absolute atomic E-state index is 4.78. The molecule has 0 saturated carbocycles. The Labute approximate surface area is 222 Å². The zero-order chi connectivity index (χ0) is 25.3. The van der Waals surface area contributed by atoms with Crippen LogP contribution in [0.25, 0.3) is 0 Å². The lowest BCUT2D eigenvalue weighted by molar-refractivity contribution is 1.13. The van der Waals surface area contributed by atoms with Crippen LogP contribution in [0, 0.1) is 0 Å². The van der Waals surface area contributed by atoms with Crippen molar-refractivity contribution < 1.29 is 0 Å². The van der Waals surface area contributed by atoms with Crippen molar-refractivity contribution in [3.63, 3.8) is 0 Å². The normalized spacial score (nSPS) is 11.3. The highest BCUT2D eigenvalue weighted by molar-refractivity contribution is 8.76. The van der Waals surface area contributed by atoms with Crippen molar-refractivity contribution in [2.75, 3.05) is 38.0 Å². The number of rotatable bonds is 9. The van der Waals surface area contributed by atoms with E-state index in [0.717, 1.165) is 32.3 Å². The Kier molecular flexibility index (Phi) is 8.87. The second-order valence-corrected chi connectivity index (χ2v) is 10.8. The molecule has 0 spiro atoms. The summed E-state index contributed by atoms with van der Waals surface area (Å²) >= 11 is 0. The van der Waals surface area contributed by atoms with Gasteiger partial charge in [0, 0.05) is 61.8 Å². The van der Waals surface area contributed by atoms with Crippen molar-refractivity contribution >= 4 is 56.8 Å². The number of benzene rings is 4. The first kappa shape index (κ1) is 25.6. The fourth-order valence-electron chi connectivity index (χ4n) is 3.36. The number of anilines is 2. The Morgan fingerprint density at radius 3 is 1.22 bits per heavy atom. The van der Waals surface area contributed by atoms with Crippen LogP contribution in [-0.4, -0.2) is 40.6 Å². The van der Waals surface area contributed by atoms with Gasteiger partial charge in [-0.05, 0) is 59.7 Å². The molecule has 0 unspecified atom stereocenters. The third kappa shape index (κ3) is 7.03. The highest BCUT2D eigenvalue weighted by Crippen LogP contribution is 2.44. The van der Waals surface area contributed by atoms with Crippen LogP contribution in [0.4, 0.5) is 22.7 Å². The monoisotopic (exact) mass is 510 g/mol. The van der Waals surface area contributed by atoms with Gasteiger partial charge in [-0.3, -0.25) is 9.98 Å². The Hall–Kier alpha value is -3.48. The first-order valence-corrected chi connectivity index (χ1v) is 13.8. The first-order valence-electron chi connectivity index (χ1n) is 11.6. The van der Waals surface area contributed by atoms with Gasteiger partial charge in [-0.25, -0.2) is 0 Å². The molecule has 36 heavy (non-hydrogen) atoms. The number of hydrogen-bond donors (Lipinski definition) is 0. The molecule has 4 aromatic rings. The topological polar surface area (TPSA) is 31.2 Å². The Morgan fingerprint density at radius 2 is 0.861 bits per heavy atom. The van der Waals surface area contributed by atoms with Crippen LogP contribution in [0.15, 0.2) is 117 Å². The lowest BCUT2D eigenvalue weighted by atomic mass is 10.2. The number of hydrogen-bond acceptors (Lipinski definition) is 6. The van der Waals surface area contributed by atoms with Crippen LogP contribution in [0.2, 0.25) is 0 Å². The predicted molar refractivity (Wildman–Crippen MR) is 161 cm³/mol. The van der Waals surface area contributed by atoms with E-state index in [1.54, 1.807) is 21.6 Å². The van der Waals surface area contributed by atoms with E-state index < -0.39 is 0 Å². The van der Waals surface area contributed by atoms with Gasteiger partial charge in [0.15, 0.2) is 0 Å². The Balaban J connectivity index is 1.46. The smallest absolute Gasteiger partial charge is 0.0774 e. The number of aliphatic imine (C=N–C) groups is 2. The van der Waals surface area contributed by atoms with E-state index in [9.17, 15) is 0 Å². The molecule has 0 aliphatic heterocycles. The third-order valence-corrected chi connectivity index (χ3v) is 7.94. The van der Waals surface area contributed by atoms with Gasteiger partial charge in [0.1, 0.15) is 0 Å². The predicted octanol–water partition coefficient (Wildman–Crippen LogP) is 8.12. The molecule has 0 N–H and O–H groups in total. The minimum atomic E-state index is 0.952. The molecule has 6 heteroatoms. The lowest BCUT2D eigenvalue weighted by Gasteiger charge is -2.11. The molecule has 0 amide bonds. The fourth-order valence-corrected chi connectivity index (χ4v) is 5.61. The van der Waals surface area contributed by atoms with Gasteiger partial charge < -0.3 is 9.80 Å². The van der Waals surface area contributed by atoms with Crippen LogP contribution in [0.5, 0.6) is 0 Å². The molecule has 4 nitrogen and oxygen atoms in total. The van der Waals surface area contributed by atoms with Crippen molar-refractivity contribution in [2.24, 2.45) is 9.98 Å². The maximum atomic E-state index is 4.78. The summed E-state index contributed by atoms with van der Waals surface area (Å²) in [6.07, 6.45) is 3.84. The van der Waals surface area contributed by atoms with Gasteiger partial charge in [-0.15, -0.1) is 0 Å². The van der Waals surface area contributed by atoms with E-state index in [2.05, 4.69) is 94.7 Å². The van der Waals surface area contributed by atoms with Crippen molar-refractivity contribution in [1.29, 1.82) is 0 Å². The van der Waals surface area contributed by atoms with Gasteiger partial charge in [0.2, 0.25) is 0 Å². The summed E-state index contributed by atoms with van der Waals surface area (Å²) in [5.74, 6) is 0. The molecule has 4 rings (SSSR count). The van der Waals surface area contributed by atoms with Crippen LogP contribution in [0.1, 0.15) is 11.1 Å². The molecule has 0 aromatic heterocycles. The van der Waals surface area contributed by atoms with E-state index in [4.69, 9.17) is 9.98 Å². The Bertz CT molecular complexity index is 1220. The molecule has 0 atom stereocenters. The summed E-state index contributed by atoms with van der Waals surface area (Å²) in [6, 6.07) is 33.2. The van der Waals surface area contributed by atoms with Crippen LogP contribution < -0.4 is 9.80 Å². The molecule has 4 aromatic carbocycles. The van der Waals surface area contributed by atoms with Crippen LogP contribution >= 0.6 is 21.6 Å². The summed E-state index contributed by atoms with van der Waals surface area (Å²) in [5.41, 5.74) is 6.40. The highest BCUT2D eigenvalue weighted by Gasteiger charge is 2.06. The molecular weight excluding hydrogens is 480 g/mol. The molecule has 182 valence electrons. The van der Waals surface area contributed by atoms with Crippen LogP contribution in [0.3, 0.4) is 0 Å². The van der Waals surface area contributed by atoms with Gasteiger partial charge >= 0.3 is 0 Å². The molecule has 0 fully saturated rings. The average molecular weight is 511 g/mol. The van der Waals surface area contributed by atoms with Crippen LogP contribution in [-0.2, 0) is 0 Å². The summed E-state index contributed by atoms with van der Waals surface area (Å²) in [7, 11) is 11.6. The maximum Gasteiger partial charge on any atom is 0.0774 e. The second-order valence-electron chi connectivity index (χ2n) is 8.59. The quantitative estimate of drug-likeness (QED) is 0.168. The average Bonchev–Trinajstić information content (AvgIpc) is 2.91. The highest BCUT2D eigenvalue weighted by atomic mass is 33.1. The first-order chi connectivity index (χ1) is 17.5. The largest absolute Gasteiger partial charge is 0.378 e. The van der Waals surface area contributed by atoms with Gasteiger partial charge in [0.05, 0.1) is 11.4 Å². The lowest BCUT2D eigenvalue weighted by Crippen LogP contribution is -2.08. The SMILES string of the molecule is CN(C)c1ccc(C=Nc2ccccc2SSc2ccccc2N=Cc2ccc(N(C)C)cc2)cc1. The zero-order valence-electron chi connectivity index (χ0n) is 21.0. The van der Waals surface area contributed by atoms with Crippen molar-refractivity contribution in [1.82, 2.24) is 0 Å². The van der Waals surface area contributed by atoms with E-state index in [-0.39, 0.29) is 0 Å². The second kappa shape index (κ2) is 12.5. The summed E-state index contributed by atoms with van der Waals surface area (Å²) in [6.45, 7) is 0. The summed E-state index contributed by atoms with van der Waals surface area (Å²) < 4.78 is 0. The molecule has 0 heterocycles. The molecular formula is C30H30N4S2. The van der Waals surface area contributed by atoms with Crippen molar-refractivity contribution in [3.05, 3.63) is 108 Å². The van der Waals surface area contributed by atoms with E-state index >= 15 is 0 Å². The summed E-state index contributed by atoms with van der Waals surface area (Å²) in [4.78, 5) is 16.0. The van der Waals surface area contributed by atoms with Crippen molar-refractivity contribution in [3.8, 4) is 0 Å². The van der Waals surface area contributed by atoms with Crippen molar-refractivity contribution in [2.45, 2.75) is 9.79 Å². The number of para-hydroxylation sites is 2.